The second-order valence-corrected chi connectivity index (χ2v) is 3.55. The maximum atomic E-state index is 8.36. The topological polar surface area (TPSA) is 61.8 Å². The van der Waals surface area contributed by atoms with E-state index in [1.165, 1.54) is 0 Å². The average Bonchev–Trinajstić information content (AvgIpc) is 1.84. The zero-order valence-electron chi connectivity index (χ0n) is 7.52. The third-order valence-corrected chi connectivity index (χ3v) is 1.53. The number of nitriles is 1. The van der Waals surface area contributed by atoms with Gasteiger partial charge in [0.2, 0.25) is 0 Å². The van der Waals surface area contributed by atoms with Crippen LogP contribution in [0.2, 0.25) is 0 Å². The Kier molecular flexibility index (Phi) is 3.91. The first-order chi connectivity index (χ1) is 4.99. The van der Waals surface area contributed by atoms with Crippen LogP contribution in [-0.4, -0.2) is 11.6 Å². The molecule has 3 N–H and O–H groups in total. The molecule has 0 aromatic heterocycles. The number of rotatable bonds is 4. The number of nitrogens with two attached hydrogens (primary N) is 1. The van der Waals surface area contributed by atoms with Crippen molar-refractivity contribution in [3.8, 4) is 6.19 Å². The number of hydrogen-bond acceptors (Lipinski definition) is 3. The lowest BCUT2D eigenvalue weighted by atomic mass is 9.95. The smallest absolute Gasteiger partial charge is 0.176 e. The van der Waals surface area contributed by atoms with E-state index in [-0.39, 0.29) is 11.6 Å². The van der Waals surface area contributed by atoms with E-state index in [9.17, 15) is 0 Å². The van der Waals surface area contributed by atoms with Gasteiger partial charge in [-0.3, -0.25) is 0 Å². The van der Waals surface area contributed by atoms with Gasteiger partial charge in [-0.05, 0) is 26.7 Å². The Hall–Kier alpha value is -0.750. The van der Waals surface area contributed by atoms with E-state index < -0.39 is 0 Å². The standard InChI is InChI=1S/C8H17N3/c1-4-7(11-6-9)5-8(2,3)10/h7,11H,4-5,10H2,1-3H3. The first-order valence-corrected chi connectivity index (χ1v) is 3.93. The van der Waals surface area contributed by atoms with Gasteiger partial charge in [0.25, 0.3) is 0 Å². The Bertz CT molecular complexity index is 140. The molecule has 0 aliphatic heterocycles. The van der Waals surface area contributed by atoms with E-state index in [4.69, 9.17) is 11.0 Å². The molecule has 3 heteroatoms. The molecule has 1 unspecified atom stereocenters. The Labute approximate surface area is 68.6 Å². The van der Waals surface area contributed by atoms with Gasteiger partial charge in [0.1, 0.15) is 0 Å². The molecule has 0 spiro atoms. The van der Waals surface area contributed by atoms with Gasteiger partial charge in [-0.15, -0.1) is 0 Å². The van der Waals surface area contributed by atoms with Crippen molar-refractivity contribution in [1.82, 2.24) is 5.32 Å². The monoisotopic (exact) mass is 155 g/mol. The minimum atomic E-state index is -0.190. The molecule has 0 saturated carbocycles. The highest BCUT2D eigenvalue weighted by Crippen LogP contribution is 2.09. The van der Waals surface area contributed by atoms with Crippen molar-refractivity contribution >= 4 is 0 Å². The van der Waals surface area contributed by atoms with Gasteiger partial charge in [-0.2, -0.15) is 5.26 Å². The van der Waals surface area contributed by atoms with Crippen molar-refractivity contribution < 1.29 is 0 Å². The quantitative estimate of drug-likeness (QED) is 0.469. The van der Waals surface area contributed by atoms with E-state index in [1.54, 1.807) is 0 Å². The molecule has 0 bridgehead atoms. The SMILES string of the molecule is CCC(CC(C)(C)N)NC#N. The third kappa shape index (κ3) is 5.68. The summed E-state index contributed by atoms with van der Waals surface area (Å²) in [6.45, 7) is 5.98. The van der Waals surface area contributed by atoms with Crippen LogP contribution in [0.5, 0.6) is 0 Å². The molecule has 0 heterocycles. The molecule has 0 aromatic rings. The molecule has 0 amide bonds. The Balaban J connectivity index is 3.80. The summed E-state index contributed by atoms with van der Waals surface area (Å²) in [5, 5.41) is 11.1. The first-order valence-electron chi connectivity index (χ1n) is 3.93. The highest BCUT2D eigenvalue weighted by molar-refractivity contribution is 4.83. The molecule has 0 fully saturated rings. The molecule has 3 nitrogen and oxygen atoms in total. The minimum absolute atomic E-state index is 0.190. The fraction of sp³-hybridized carbons (Fsp3) is 0.875. The highest BCUT2D eigenvalue weighted by Gasteiger charge is 2.16. The normalized spacial score (nSPS) is 13.7. The van der Waals surface area contributed by atoms with E-state index >= 15 is 0 Å². The summed E-state index contributed by atoms with van der Waals surface area (Å²) in [6.07, 6.45) is 3.70. The summed E-state index contributed by atoms with van der Waals surface area (Å²) in [4.78, 5) is 0. The number of hydrogen-bond donors (Lipinski definition) is 2. The molecule has 0 aromatic carbocycles. The fourth-order valence-electron chi connectivity index (χ4n) is 1.02. The number of nitrogens with one attached hydrogen (secondary N) is 1. The van der Waals surface area contributed by atoms with Crippen LogP contribution in [0.25, 0.3) is 0 Å². The van der Waals surface area contributed by atoms with Crippen LogP contribution >= 0.6 is 0 Å². The molecule has 0 aliphatic rings. The molecule has 0 saturated heterocycles. The largest absolute Gasteiger partial charge is 0.325 e. The van der Waals surface area contributed by atoms with Gasteiger partial charge in [0.15, 0.2) is 6.19 Å². The second kappa shape index (κ2) is 4.20. The maximum absolute atomic E-state index is 8.36. The minimum Gasteiger partial charge on any atom is -0.325 e. The van der Waals surface area contributed by atoms with Crippen molar-refractivity contribution in [3.63, 3.8) is 0 Å². The third-order valence-electron chi connectivity index (χ3n) is 1.53. The molecule has 64 valence electrons. The van der Waals surface area contributed by atoms with E-state index in [1.807, 2.05) is 27.0 Å². The van der Waals surface area contributed by atoms with Crippen LogP contribution in [0, 0.1) is 11.5 Å². The average molecular weight is 155 g/mol. The lowest BCUT2D eigenvalue weighted by Gasteiger charge is -2.23. The van der Waals surface area contributed by atoms with Crippen LogP contribution in [-0.2, 0) is 0 Å². The van der Waals surface area contributed by atoms with Crippen molar-refractivity contribution in [2.45, 2.75) is 45.2 Å². The van der Waals surface area contributed by atoms with Gasteiger partial charge in [-0.1, -0.05) is 6.92 Å². The van der Waals surface area contributed by atoms with Crippen LogP contribution in [0.3, 0.4) is 0 Å². The molecule has 0 radical (unpaired) electrons. The Morgan fingerprint density at radius 1 is 1.64 bits per heavy atom. The summed E-state index contributed by atoms with van der Waals surface area (Å²) >= 11 is 0. The van der Waals surface area contributed by atoms with Crippen molar-refractivity contribution in [1.29, 1.82) is 5.26 Å². The zero-order valence-corrected chi connectivity index (χ0v) is 7.52. The van der Waals surface area contributed by atoms with Gasteiger partial charge in [-0.25, -0.2) is 0 Å². The predicted octanol–water partition coefficient (Wildman–Crippen LogP) is 0.963. The van der Waals surface area contributed by atoms with E-state index in [2.05, 4.69) is 5.32 Å². The van der Waals surface area contributed by atoms with Crippen molar-refractivity contribution in [2.75, 3.05) is 0 Å². The number of nitrogens with zero attached hydrogens (tertiary/aromatic N) is 1. The highest BCUT2D eigenvalue weighted by atomic mass is 14.9. The van der Waals surface area contributed by atoms with Crippen molar-refractivity contribution in [3.05, 3.63) is 0 Å². The van der Waals surface area contributed by atoms with Gasteiger partial charge in [0, 0.05) is 11.6 Å². The molecular weight excluding hydrogens is 138 g/mol. The lowest BCUT2D eigenvalue weighted by molar-refractivity contribution is 0.392. The summed E-state index contributed by atoms with van der Waals surface area (Å²) in [5.41, 5.74) is 5.60. The summed E-state index contributed by atoms with van der Waals surface area (Å²) < 4.78 is 0. The Morgan fingerprint density at radius 2 is 2.18 bits per heavy atom. The lowest BCUT2D eigenvalue weighted by Crippen LogP contribution is -2.40. The zero-order chi connectivity index (χ0) is 8.91. The van der Waals surface area contributed by atoms with Gasteiger partial charge in [0.05, 0.1) is 0 Å². The van der Waals surface area contributed by atoms with Crippen molar-refractivity contribution in [2.24, 2.45) is 5.73 Å². The summed E-state index contributed by atoms with van der Waals surface area (Å²) in [7, 11) is 0. The summed E-state index contributed by atoms with van der Waals surface area (Å²) in [5.74, 6) is 0. The molecule has 0 aliphatic carbocycles. The second-order valence-electron chi connectivity index (χ2n) is 3.55. The van der Waals surface area contributed by atoms with Crippen LogP contribution in [0.15, 0.2) is 0 Å². The maximum Gasteiger partial charge on any atom is 0.176 e. The van der Waals surface area contributed by atoms with Gasteiger partial charge >= 0.3 is 0 Å². The fourth-order valence-corrected chi connectivity index (χ4v) is 1.02. The molecular formula is C8H17N3. The summed E-state index contributed by atoms with van der Waals surface area (Å²) in [6, 6.07) is 0.222. The van der Waals surface area contributed by atoms with Crippen LogP contribution < -0.4 is 11.1 Å². The van der Waals surface area contributed by atoms with E-state index in [0.29, 0.717) is 0 Å². The van der Waals surface area contributed by atoms with Crippen LogP contribution in [0.1, 0.15) is 33.6 Å². The van der Waals surface area contributed by atoms with E-state index in [0.717, 1.165) is 12.8 Å². The molecule has 11 heavy (non-hydrogen) atoms. The first kappa shape index (κ1) is 10.2. The predicted molar refractivity (Wildman–Crippen MR) is 45.7 cm³/mol. The molecule has 1 atom stereocenters. The van der Waals surface area contributed by atoms with Crippen LogP contribution in [0.4, 0.5) is 0 Å². The molecule has 0 rings (SSSR count). The Morgan fingerprint density at radius 3 is 2.45 bits per heavy atom. The van der Waals surface area contributed by atoms with Gasteiger partial charge < -0.3 is 11.1 Å².